The van der Waals surface area contributed by atoms with Crippen LogP contribution in [0.4, 0.5) is 0 Å². The van der Waals surface area contributed by atoms with Gasteiger partial charge in [0.05, 0.1) is 20.3 Å². The lowest BCUT2D eigenvalue weighted by atomic mass is 9.94. The summed E-state index contributed by atoms with van der Waals surface area (Å²) in [5, 5.41) is 13.0. The third kappa shape index (κ3) is 3.72. The average Bonchev–Trinajstić information content (AvgIpc) is 3.41. The van der Waals surface area contributed by atoms with Gasteiger partial charge in [-0.1, -0.05) is 19.8 Å². The molecule has 7 nitrogen and oxygen atoms in total. The van der Waals surface area contributed by atoms with Crippen LogP contribution >= 0.6 is 0 Å². The molecule has 152 valence electrons. The molecule has 0 spiro atoms. The molecule has 0 radical (unpaired) electrons. The van der Waals surface area contributed by atoms with E-state index in [1.54, 1.807) is 14.2 Å². The third-order valence-corrected chi connectivity index (χ3v) is 6.35. The Morgan fingerprint density at radius 1 is 1.04 bits per heavy atom. The van der Waals surface area contributed by atoms with Gasteiger partial charge in [0.1, 0.15) is 17.5 Å². The van der Waals surface area contributed by atoms with Crippen LogP contribution in [-0.2, 0) is 0 Å². The summed E-state index contributed by atoms with van der Waals surface area (Å²) < 4.78 is 13.3. The molecule has 7 heteroatoms. The molecule has 2 aliphatic rings. The van der Waals surface area contributed by atoms with Gasteiger partial charge in [0.15, 0.2) is 5.82 Å². The fraction of sp³-hybridized carbons (Fsp3) is 0.667. The van der Waals surface area contributed by atoms with E-state index in [9.17, 15) is 0 Å². The first-order valence-corrected chi connectivity index (χ1v) is 10.4. The van der Waals surface area contributed by atoms with Gasteiger partial charge < -0.3 is 9.47 Å². The normalized spacial score (nSPS) is 20.4. The molecule has 2 aromatic rings. The second-order valence-electron chi connectivity index (χ2n) is 8.15. The highest BCUT2D eigenvalue weighted by Crippen LogP contribution is 2.40. The Balaban J connectivity index is 1.79. The van der Waals surface area contributed by atoms with Gasteiger partial charge in [0.2, 0.25) is 0 Å². The van der Waals surface area contributed by atoms with Gasteiger partial charge in [-0.15, -0.1) is 5.10 Å². The number of ether oxygens (including phenoxy) is 2. The Bertz CT molecular complexity index is 779. The monoisotopic (exact) mass is 385 g/mol. The number of benzene rings is 1. The maximum atomic E-state index is 5.74. The van der Waals surface area contributed by atoms with Gasteiger partial charge in [-0.2, -0.15) is 0 Å². The number of aromatic nitrogens is 4. The molecule has 1 aromatic heterocycles. The Morgan fingerprint density at radius 2 is 1.79 bits per heavy atom. The predicted molar refractivity (Wildman–Crippen MR) is 107 cm³/mol. The summed E-state index contributed by atoms with van der Waals surface area (Å²) in [7, 11) is 3.42. The van der Waals surface area contributed by atoms with E-state index >= 15 is 0 Å². The first-order valence-electron chi connectivity index (χ1n) is 10.4. The molecule has 1 saturated carbocycles. The molecule has 0 amide bonds. The molecule has 0 bridgehead atoms. The lowest BCUT2D eigenvalue weighted by Crippen LogP contribution is -2.38. The van der Waals surface area contributed by atoms with Crippen molar-refractivity contribution in [2.24, 2.45) is 5.92 Å². The van der Waals surface area contributed by atoms with Crippen molar-refractivity contribution in [3.63, 3.8) is 0 Å². The highest BCUT2D eigenvalue weighted by Gasteiger charge is 2.34. The summed E-state index contributed by atoms with van der Waals surface area (Å²) in [6.45, 7) is 4.40. The van der Waals surface area contributed by atoms with E-state index in [1.165, 1.54) is 25.7 Å². The fourth-order valence-corrected chi connectivity index (χ4v) is 4.63. The molecule has 0 N–H and O–H groups in total. The van der Waals surface area contributed by atoms with Crippen LogP contribution in [0.3, 0.4) is 0 Å². The quantitative estimate of drug-likeness (QED) is 0.757. The van der Waals surface area contributed by atoms with Crippen LogP contribution in [0.25, 0.3) is 0 Å². The van der Waals surface area contributed by atoms with Crippen LogP contribution in [0, 0.1) is 5.92 Å². The zero-order chi connectivity index (χ0) is 19.5. The number of piperidine rings is 1. The third-order valence-electron chi connectivity index (χ3n) is 6.35. The molecular weight excluding hydrogens is 354 g/mol. The van der Waals surface area contributed by atoms with Crippen molar-refractivity contribution in [2.75, 3.05) is 27.3 Å². The molecule has 1 saturated heterocycles. The topological polar surface area (TPSA) is 65.3 Å². The lowest BCUT2D eigenvalue weighted by molar-refractivity contribution is 0.146. The van der Waals surface area contributed by atoms with Gasteiger partial charge in [-0.25, -0.2) is 4.68 Å². The van der Waals surface area contributed by atoms with E-state index in [1.807, 2.05) is 12.1 Å². The van der Waals surface area contributed by atoms with Crippen molar-refractivity contribution < 1.29 is 9.47 Å². The largest absolute Gasteiger partial charge is 0.497 e. The Kier molecular flexibility index (Phi) is 5.80. The summed E-state index contributed by atoms with van der Waals surface area (Å²) in [4.78, 5) is 2.51. The summed E-state index contributed by atoms with van der Waals surface area (Å²) >= 11 is 0. The van der Waals surface area contributed by atoms with E-state index in [0.29, 0.717) is 6.04 Å². The minimum atomic E-state index is -0.0341. The molecule has 1 aliphatic heterocycles. The zero-order valence-corrected chi connectivity index (χ0v) is 17.2. The highest BCUT2D eigenvalue weighted by molar-refractivity contribution is 5.44. The molecule has 1 aliphatic carbocycles. The van der Waals surface area contributed by atoms with Crippen LogP contribution in [0.1, 0.15) is 68.9 Å². The molecule has 2 heterocycles. The second kappa shape index (κ2) is 8.47. The Hall–Kier alpha value is -2.15. The number of hydrogen-bond acceptors (Lipinski definition) is 6. The summed E-state index contributed by atoms with van der Waals surface area (Å²) in [5.41, 5.74) is 1.07. The predicted octanol–water partition coefficient (Wildman–Crippen LogP) is 3.63. The van der Waals surface area contributed by atoms with Gasteiger partial charge in [-0.3, -0.25) is 4.90 Å². The first kappa shape index (κ1) is 19.2. The van der Waals surface area contributed by atoms with Crippen molar-refractivity contribution in [3.05, 3.63) is 29.6 Å². The van der Waals surface area contributed by atoms with Crippen LogP contribution in [0.5, 0.6) is 11.5 Å². The number of methoxy groups -OCH3 is 2. The van der Waals surface area contributed by atoms with Crippen molar-refractivity contribution >= 4 is 0 Å². The lowest BCUT2D eigenvalue weighted by Gasteiger charge is -2.37. The van der Waals surface area contributed by atoms with Crippen molar-refractivity contribution in [2.45, 2.75) is 57.5 Å². The van der Waals surface area contributed by atoms with Gasteiger partial charge >= 0.3 is 0 Å². The van der Waals surface area contributed by atoms with Crippen LogP contribution < -0.4 is 9.47 Å². The standard InChI is InChI=1S/C21H31N5O2/c1-15-10-12-25(13-11-15)20(18-14-17(27-2)8-9-19(18)28-3)21-22-23-24-26(21)16-6-4-5-7-16/h8-9,14-16,20H,4-7,10-13H2,1-3H3. The Labute approximate surface area is 167 Å². The van der Waals surface area contributed by atoms with Crippen molar-refractivity contribution in [1.29, 1.82) is 0 Å². The molecule has 1 aromatic carbocycles. The highest BCUT2D eigenvalue weighted by atomic mass is 16.5. The number of tetrazole rings is 1. The Morgan fingerprint density at radius 3 is 2.46 bits per heavy atom. The van der Waals surface area contributed by atoms with E-state index in [4.69, 9.17) is 9.47 Å². The summed E-state index contributed by atoms with van der Waals surface area (Å²) in [6.07, 6.45) is 7.17. The maximum Gasteiger partial charge on any atom is 0.173 e. The fourth-order valence-electron chi connectivity index (χ4n) is 4.63. The van der Waals surface area contributed by atoms with E-state index in [-0.39, 0.29) is 6.04 Å². The van der Waals surface area contributed by atoms with Crippen LogP contribution in [0.15, 0.2) is 18.2 Å². The van der Waals surface area contributed by atoms with Gasteiger partial charge in [-0.05, 0) is 73.3 Å². The van der Waals surface area contributed by atoms with Crippen molar-refractivity contribution in [3.8, 4) is 11.5 Å². The second-order valence-corrected chi connectivity index (χ2v) is 8.15. The van der Waals surface area contributed by atoms with Crippen molar-refractivity contribution in [1.82, 2.24) is 25.1 Å². The average molecular weight is 386 g/mol. The van der Waals surface area contributed by atoms with Gasteiger partial charge in [0.25, 0.3) is 0 Å². The minimum absolute atomic E-state index is 0.0341. The molecule has 1 atom stereocenters. The number of hydrogen-bond donors (Lipinski definition) is 0. The molecule has 1 unspecified atom stereocenters. The number of nitrogens with zero attached hydrogens (tertiary/aromatic N) is 5. The SMILES string of the molecule is COc1ccc(OC)c(C(c2nnnn2C2CCCC2)N2CCC(C)CC2)c1. The zero-order valence-electron chi connectivity index (χ0n) is 17.2. The number of rotatable bonds is 6. The van der Waals surface area contributed by atoms with Crippen LogP contribution in [0.2, 0.25) is 0 Å². The summed E-state index contributed by atoms with van der Waals surface area (Å²) in [6, 6.07) is 6.37. The van der Waals surface area contributed by atoms with Gasteiger partial charge in [0, 0.05) is 5.56 Å². The minimum Gasteiger partial charge on any atom is -0.497 e. The summed E-state index contributed by atoms with van der Waals surface area (Å²) in [5.74, 6) is 3.36. The van der Waals surface area contributed by atoms with E-state index < -0.39 is 0 Å². The smallest absolute Gasteiger partial charge is 0.173 e. The molecular formula is C21H31N5O2. The molecule has 2 fully saturated rings. The maximum absolute atomic E-state index is 5.74. The molecule has 4 rings (SSSR count). The van der Waals surface area contributed by atoms with E-state index in [0.717, 1.165) is 54.7 Å². The van der Waals surface area contributed by atoms with E-state index in [2.05, 4.69) is 38.1 Å². The van der Waals surface area contributed by atoms with Crippen LogP contribution in [-0.4, -0.2) is 52.4 Å². The first-order chi connectivity index (χ1) is 13.7. The number of likely N-dealkylation sites (tertiary alicyclic amines) is 1. The molecule has 28 heavy (non-hydrogen) atoms.